The van der Waals surface area contributed by atoms with Gasteiger partial charge in [0.1, 0.15) is 5.75 Å². The molecule has 0 unspecified atom stereocenters. The number of ether oxygens (including phenoxy) is 1. The first-order valence-electron chi connectivity index (χ1n) is 9.07. The number of fused-ring (bicyclic) bond motifs is 3. The summed E-state index contributed by atoms with van der Waals surface area (Å²) in [6.45, 7) is -0.0109. The monoisotopic (exact) mass is 385 g/mol. The minimum atomic E-state index is -0.197. The molecule has 7 nitrogen and oxygen atoms in total. The molecule has 0 aliphatic heterocycles. The number of amides is 1. The van der Waals surface area contributed by atoms with Gasteiger partial charge in [-0.05, 0) is 65.1 Å². The Kier molecular flexibility index (Phi) is 5.03. The van der Waals surface area contributed by atoms with Crippen molar-refractivity contribution < 1.29 is 9.53 Å². The van der Waals surface area contributed by atoms with Crippen molar-refractivity contribution in [1.82, 2.24) is 0 Å². The van der Waals surface area contributed by atoms with Gasteiger partial charge in [-0.15, -0.1) is 5.11 Å². The largest absolute Gasteiger partial charge is 0.485 e. The van der Waals surface area contributed by atoms with Gasteiger partial charge in [0.15, 0.2) is 6.61 Å². The lowest BCUT2D eigenvalue weighted by molar-refractivity contribution is 0.102. The lowest BCUT2D eigenvalue weighted by Gasteiger charge is -2.09. The van der Waals surface area contributed by atoms with Crippen LogP contribution in [0.5, 0.6) is 5.75 Å². The van der Waals surface area contributed by atoms with Gasteiger partial charge in [0.05, 0.1) is 0 Å². The summed E-state index contributed by atoms with van der Waals surface area (Å²) in [6.07, 6.45) is 0.875. The van der Waals surface area contributed by atoms with Crippen LogP contribution in [0.15, 0.2) is 76.9 Å². The number of hydrogen-bond donors (Lipinski definition) is 3. The highest BCUT2D eigenvalue weighted by Crippen LogP contribution is 2.37. The van der Waals surface area contributed by atoms with E-state index in [1.807, 2.05) is 24.3 Å². The van der Waals surface area contributed by atoms with Crippen molar-refractivity contribution in [2.75, 3.05) is 11.9 Å². The molecule has 144 valence electrons. The van der Waals surface area contributed by atoms with Crippen LogP contribution < -0.4 is 15.9 Å². The van der Waals surface area contributed by atoms with Gasteiger partial charge >= 0.3 is 0 Å². The van der Waals surface area contributed by atoms with Crippen LogP contribution in [0.1, 0.15) is 21.5 Å². The lowest BCUT2D eigenvalue weighted by Crippen LogP contribution is -2.13. The summed E-state index contributed by atoms with van der Waals surface area (Å²) in [5.74, 6) is 5.49. The second kappa shape index (κ2) is 7.93. The van der Waals surface area contributed by atoms with E-state index in [4.69, 9.17) is 16.1 Å². The van der Waals surface area contributed by atoms with E-state index in [0.717, 1.165) is 12.1 Å². The fraction of sp³-hybridized carbons (Fsp3) is 0.0909. The molecule has 3 aromatic carbocycles. The number of amidine groups is 1. The summed E-state index contributed by atoms with van der Waals surface area (Å²) in [5, 5.41) is 9.41. The quantitative estimate of drug-likeness (QED) is 0.157. The summed E-state index contributed by atoms with van der Waals surface area (Å²) >= 11 is 0. The highest BCUT2D eigenvalue weighted by atomic mass is 16.5. The number of hydrogen-bond acceptors (Lipinski definition) is 5. The van der Waals surface area contributed by atoms with Crippen molar-refractivity contribution in [2.24, 2.45) is 16.1 Å². The highest BCUT2D eigenvalue weighted by molar-refractivity contribution is 6.04. The Morgan fingerprint density at radius 3 is 2.55 bits per heavy atom. The summed E-state index contributed by atoms with van der Waals surface area (Å²) in [6, 6.07) is 21.1. The van der Waals surface area contributed by atoms with Gasteiger partial charge in [-0.2, -0.15) is 5.10 Å². The summed E-state index contributed by atoms with van der Waals surface area (Å²) < 4.78 is 5.43. The molecule has 4 N–H and O–H groups in total. The van der Waals surface area contributed by atoms with Crippen molar-refractivity contribution in [2.45, 2.75) is 6.42 Å². The Morgan fingerprint density at radius 2 is 1.79 bits per heavy atom. The van der Waals surface area contributed by atoms with Crippen LogP contribution in [0.4, 0.5) is 5.69 Å². The van der Waals surface area contributed by atoms with Gasteiger partial charge in [-0.25, -0.2) is 5.53 Å². The number of nitrogens with two attached hydrogens (primary N) is 1. The first kappa shape index (κ1) is 18.4. The zero-order chi connectivity index (χ0) is 20.2. The molecule has 29 heavy (non-hydrogen) atoms. The van der Waals surface area contributed by atoms with Crippen LogP contribution in [0.2, 0.25) is 0 Å². The molecule has 4 rings (SSSR count). The van der Waals surface area contributed by atoms with Crippen LogP contribution in [0.3, 0.4) is 0 Å². The fourth-order valence-electron chi connectivity index (χ4n) is 3.37. The number of carbonyl (C=O) groups is 1. The maximum atomic E-state index is 12.6. The molecule has 0 saturated carbocycles. The van der Waals surface area contributed by atoms with E-state index in [1.165, 1.54) is 22.3 Å². The van der Waals surface area contributed by atoms with Crippen molar-refractivity contribution in [1.29, 1.82) is 5.53 Å². The molecule has 1 aliphatic rings. The molecule has 0 spiro atoms. The first-order chi connectivity index (χ1) is 14.2. The van der Waals surface area contributed by atoms with E-state index < -0.39 is 0 Å². The molecule has 0 bridgehead atoms. The van der Waals surface area contributed by atoms with Gasteiger partial charge in [0, 0.05) is 11.3 Å². The predicted molar refractivity (Wildman–Crippen MR) is 111 cm³/mol. The van der Waals surface area contributed by atoms with Gasteiger partial charge in [-0.1, -0.05) is 30.3 Å². The number of benzene rings is 3. The average Bonchev–Trinajstić information content (AvgIpc) is 3.12. The van der Waals surface area contributed by atoms with Crippen LogP contribution in [0.25, 0.3) is 11.1 Å². The normalized spacial score (nSPS) is 12.1. The zero-order valence-corrected chi connectivity index (χ0v) is 15.6. The maximum Gasteiger partial charge on any atom is 0.255 e. The molecule has 0 heterocycles. The standard InChI is InChI=1S/C22H19N5O2/c23-26-21(27-24)13-29-18-8-5-14(6-9-18)22(28)25-17-7-10-20-16(12-17)11-15-3-1-2-4-19(15)20/h1-10,12,23H,11,13,24H2,(H,25,28). The minimum Gasteiger partial charge on any atom is -0.485 e. The third kappa shape index (κ3) is 3.84. The van der Waals surface area contributed by atoms with E-state index in [-0.39, 0.29) is 18.3 Å². The van der Waals surface area contributed by atoms with E-state index in [1.54, 1.807) is 24.3 Å². The minimum absolute atomic E-state index is 0.0109. The fourth-order valence-corrected chi connectivity index (χ4v) is 3.37. The Hall–Kier alpha value is -4.00. The van der Waals surface area contributed by atoms with Crippen molar-refractivity contribution in [3.63, 3.8) is 0 Å². The number of hydrazone groups is 1. The number of carbonyl (C=O) groups excluding carboxylic acids is 1. The topological polar surface area (TPSA) is 113 Å². The van der Waals surface area contributed by atoms with E-state index in [2.05, 4.69) is 33.7 Å². The maximum absolute atomic E-state index is 12.6. The second-order valence-electron chi connectivity index (χ2n) is 6.63. The van der Waals surface area contributed by atoms with Crippen molar-refractivity contribution >= 4 is 17.4 Å². The average molecular weight is 385 g/mol. The Morgan fingerprint density at radius 1 is 1.03 bits per heavy atom. The van der Waals surface area contributed by atoms with Crippen LogP contribution >= 0.6 is 0 Å². The first-order valence-corrected chi connectivity index (χ1v) is 9.07. The Balaban J connectivity index is 1.42. The van der Waals surface area contributed by atoms with E-state index in [9.17, 15) is 4.79 Å². The smallest absolute Gasteiger partial charge is 0.255 e. The molecular formula is C22H19N5O2. The molecule has 1 aliphatic carbocycles. The summed E-state index contributed by atoms with van der Waals surface area (Å²) in [7, 11) is 0. The van der Waals surface area contributed by atoms with Crippen LogP contribution in [0, 0.1) is 5.53 Å². The van der Waals surface area contributed by atoms with Gasteiger partial charge in [-0.3, -0.25) is 4.79 Å². The lowest BCUT2D eigenvalue weighted by atomic mass is 10.1. The number of rotatable bonds is 5. The predicted octanol–water partition coefficient (Wildman–Crippen LogP) is 4.19. The van der Waals surface area contributed by atoms with Gasteiger partial charge in [0.2, 0.25) is 5.84 Å². The second-order valence-corrected chi connectivity index (χ2v) is 6.63. The Labute approximate surface area is 167 Å². The van der Waals surface area contributed by atoms with Crippen LogP contribution in [-0.4, -0.2) is 18.3 Å². The molecule has 0 aromatic heterocycles. The zero-order valence-electron chi connectivity index (χ0n) is 15.6. The van der Waals surface area contributed by atoms with E-state index >= 15 is 0 Å². The van der Waals surface area contributed by atoms with Crippen LogP contribution in [-0.2, 0) is 6.42 Å². The molecule has 0 saturated heterocycles. The van der Waals surface area contributed by atoms with Crippen molar-refractivity contribution in [3.8, 4) is 16.9 Å². The summed E-state index contributed by atoms with van der Waals surface area (Å²) in [5.41, 5.74) is 13.2. The summed E-state index contributed by atoms with van der Waals surface area (Å²) in [4.78, 5) is 12.6. The molecular weight excluding hydrogens is 366 g/mol. The molecule has 3 aromatic rings. The third-order valence-electron chi connectivity index (χ3n) is 4.81. The number of anilines is 1. The molecule has 0 fully saturated rings. The number of nitrogens with zero attached hydrogens (tertiary/aromatic N) is 2. The third-order valence-corrected chi connectivity index (χ3v) is 4.81. The molecule has 0 radical (unpaired) electrons. The SMILES string of the molecule is N=NC(COc1ccc(C(=O)Nc2ccc3c(c2)Cc2ccccc2-3)cc1)=NN. The highest BCUT2D eigenvalue weighted by Gasteiger charge is 2.18. The molecule has 0 atom stereocenters. The van der Waals surface area contributed by atoms with Gasteiger partial charge in [0.25, 0.3) is 5.91 Å². The van der Waals surface area contributed by atoms with E-state index in [0.29, 0.717) is 11.3 Å². The number of nitrogens with one attached hydrogen (secondary N) is 2. The Bertz CT molecular complexity index is 1110. The van der Waals surface area contributed by atoms with Gasteiger partial charge < -0.3 is 15.9 Å². The van der Waals surface area contributed by atoms with Crippen molar-refractivity contribution in [3.05, 3.63) is 83.4 Å². The molecule has 1 amide bonds. The molecule has 7 heteroatoms.